The first-order chi connectivity index (χ1) is 51.6. The van der Waals surface area contributed by atoms with Gasteiger partial charge in [-0.3, -0.25) is 0 Å². The monoisotopic (exact) mass is 1530 g/mol. The molecule has 21 aliphatic heterocycles. The highest BCUT2D eigenvalue weighted by atomic mass is 16.8. The Labute approximate surface area is 621 Å². The van der Waals surface area contributed by atoms with Crippen LogP contribution in [0.15, 0.2) is 30.3 Å². The first-order valence-corrected chi connectivity index (χ1v) is 35.6. The number of benzene rings is 1. The maximum Gasteiger partial charge on any atom is 0.187 e. The molecule has 21 saturated heterocycles. The normalized spacial score (nSPS) is 43.8. The Morgan fingerprint density at radius 2 is 0.434 bits per heavy atom. The number of hydrogen-bond acceptors (Lipinski definition) is 36. The Hall–Kier alpha value is -2.22. The highest BCUT2D eigenvalue weighted by Crippen LogP contribution is 2.43. The maximum atomic E-state index is 11.5. The van der Waals surface area contributed by atoms with Crippen LogP contribution in [0.1, 0.15) is 11.7 Å². The van der Waals surface area contributed by atoms with E-state index >= 15 is 0 Å². The molecule has 0 spiro atoms. The summed E-state index contributed by atoms with van der Waals surface area (Å²) in [4.78, 5) is 0. The Morgan fingerprint density at radius 1 is 0.255 bits per heavy atom. The van der Waals surface area contributed by atoms with Crippen molar-refractivity contribution in [2.75, 3.05) is 195 Å². The second kappa shape index (κ2) is 43.3. The summed E-state index contributed by atoms with van der Waals surface area (Å²) in [5.74, 6) is 0. The van der Waals surface area contributed by atoms with Crippen LogP contribution >= 0.6 is 0 Å². The van der Waals surface area contributed by atoms with Gasteiger partial charge in [0.1, 0.15) is 171 Å². The molecular formula is C70H119NO35. The summed E-state index contributed by atoms with van der Waals surface area (Å²) in [7, 11) is 30.1. The number of nitrogens with one attached hydrogen (secondary N) is 1. The zero-order chi connectivity index (χ0) is 76.3. The summed E-state index contributed by atoms with van der Waals surface area (Å²) in [6.07, 6.45) is -37.9. The van der Waals surface area contributed by atoms with Gasteiger partial charge in [-0.2, -0.15) is 0 Å². The van der Waals surface area contributed by atoms with Crippen LogP contribution in [0.5, 0.6) is 0 Å². The molecule has 1 aromatic carbocycles. The Morgan fingerprint density at radius 3 is 0.613 bits per heavy atom. The van der Waals surface area contributed by atoms with Gasteiger partial charge in [-0.1, -0.05) is 30.3 Å². The first-order valence-electron chi connectivity index (χ1n) is 35.6. The fourth-order valence-electron chi connectivity index (χ4n) is 15.9. The molecule has 0 aromatic heterocycles. The van der Waals surface area contributed by atoms with Crippen LogP contribution in [0.2, 0.25) is 0 Å². The zero-order valence-electron chi connectivity index (χ0n) is 64.7. The lowest BCUT2D eigenvalue weighted by Crippen LogP contribution is -2.69. The number of hydrogen-bond donors (Lipinski definition) is 2. The molecule has 36 atom stereocenters. The van der Waals surface area contributed by atoms with Crippen molar-refractivity contribution in [3.05, 3.63) is 35.9 Å². The lowest BCUT2D eigenvalue weighted by atomic mass is 9.94. The van der Waals surface area contributed by atoms with Crippen LogP contribution < -0.4 is 5.32 Å². The van der Waals surface area contributed by atoms with Crippen molar-refractivity contribution < 1.29 is 166 Å². The van der Waals surface area contributed by atoms with E-state index in [1.165, 1.54) is 142 Å². The van der Waals surface area contributed by atoms with Crippen LogP contribution in [0.3, 0.4) is 0 Å². The van der Waals surface area contributed by atoms with Gasteiger partial charge in [-0.25, -0.2) is 0 Å². The summed E-state index contributed by atoms with van der Waals surface area (Å²) in [5, 5.41) is 14.9. The predicted molar refractivity (Wildman–Crippen MR) is 361 cm³/mol. The second-order valence-electron chi connectivity index (χ2n) is 26.6. The van der Waals surface area contributed by atoms with E-state index in [0.29, 0.717) is 5.56 Å². The number of aliphatic hydroxyl groups is 1. The number of methoxy groups -OCH3 is 20. The molecule has 106 heavy (non-hydrogen) atoms. The molecule has 21 fully saturated rings. The van der Waals surface area contributed by atoms with E-state index in [1.807, 2.05) is 30.3 Å². The van der Waals surface area contributed by atoms with Gasteiger partial charge in [0.05, 0.1) is 45.7 Å². The molecule has 0 amide bonds. The third-order valence-corrected chi connectivity index (χ3v) is 20.8. The Bertz CT molecular complexity index is 2570. The highest BCUT2D eigenvalue weighted by Gasteiger charge is 2.62. The molecule has 14 bridgehead atoms. The SMILES string of the molecule is COC[C@H]1O[C@@H]2O[C@H]3[C@H](OC)[C@@H](OC)[C@@H](O[C@H]4[C@H](OC)[C@@H](OC)[C@@H](O[C@H]5[C@H](OC)[C@@H](OC)[C@@H](O[C@H]6[C@H](OC)[C@@H](OC)[C@@H](O[C@H]7[C@H](OC)[C@@H](OC)[C@@H](O[C@H]8[C@H](OC)[C@@H](OC)[C@@H](O[C@H]1[C@H](OC)[C@H]2OC)O[C@@H]8CNCC(O)c1ccccc1)O[C@@H]7COC)O[C@@H]6COC)O[C@@H]5COC)O[C@@H]4COC)O[C@@H]3COC. The molecule has 0 aliphatic carbocycles. The molecule has 0 radical (unpaired) electrons. The van der Waals surface area contributed by atoms with Crippen LogP contribution in [-0.2, 0) is 161 Å². The zero-order valence-corrected chi connectivity index (χ0v) is 64.7. The van der Waals surface area contributed by atoms with Crippen molar-refractivity contribution in [2.24, 2.45) is 0 Å². The first kappa shape index (κ1) is 87.7. The van der Waals surface area contributed by atoms with Crippen molar-refractivity contribution in [3.8, 4) is 0 Å². The van der Waals surface area contributed by atoms with Gasteiger partial charge >= 0.3 is 0 Å². The van der Waals surface area contributed by atoms with Crippen LogP contribution in [0.25, 0.3) is 0 Å². The topological polar surface area (TPSA) is 346 Å². The molecule has 1 aromatic rings. The van der Waals surface area contributed by atoms with E-state index in [0.717, 1.165) is 0 Å². The van der Waals surface area contributed by atoms with Gasteiger partial charge in [0.25, 0.3) is 0 Å². The van der Waals surface area contributed by atoms with Gasteiger partial charge < -0.3 is 171 Å². The van der Waals surface area contributed by atoms with E-state index in [2.05, 4.69) is 5.32 Å². The fraction of sp³-hybridized carbons (Fsp3) is 0.914. The minimum Gasteiger partial charge on any atom is -0.387 e. The lowest BCUT2D eigenvalue weighted by Gasteiger charge is -2.52. The number of rotatable bonds is 31. The van der Waals surface area contributed by atoms with Gasteiger partial charge in [-0.15, -0.1) is 0 Å². The highest BCUT2D eigenvalue weighted by molar-refractivity contribution is 5.17. The van der Waals surface area contributed by atoms with Crippen LogP contribution in [0.4, 0.5) is 0 Å². The van der Waals surface area contributed by atoms with E-state index in [-0.39, 0.29) is 52.7 Å². The van der Waals surface area contributed by atoms with E-state index < -0.39 is 221 Å². The molecule has 21 heterocycles. The number of aliphatic hydroxyl groups excluding tert-OH is 1. The van der Waals surface area contributed by atoms with Crippen molar-refractivity contribution in [1.29, 1.82) is 0 Å². The third-order valence-electron chi connectivity index (χ3n) is 20.8. The molecule has 21 aliphatic rings. The van der Waals surface area contributed by atoms with Crippen molar-refractivity contribution in [2.45, 2.75) is 221 Å². The van der Waals surface area contributed by atoms with Crippen LogP contribution in [-0.4, -0.2) is 415 Å². The molecule has 0 saturated carbocycles. The summed E-state index contributed by atoms with van der Waals surface area (Å²) in [6.45, 7) is -0.208. The quantitative estimate of drug-likeness (QED) is 0.0917. The summed E-state index contributed by atoms with van der Waals surface area (Å²) >= 11 is 0. The van der Waals surface area contributed by atoms with Gasteiger partial charge in [0, 0.05) is 155 Å². The second-order valence-corrected chi connectivity index (χ2v) is 26.6. The van der Waals surface area contributed by atoms with Crippen molar-refractivity contribution in [1.82, 2.24) is 5.32 Å². The molecule has 2 N–H and O–H groups in total. The molecule has 1 unspecified atom stereocenters. The Kier molecular flexibility index (Phi) is 35.9. The molecular weight excluding hydrogens is 1410 g/mol. The van der Waals surface area contributed by atoms with E-state index in [9.17, 15) is 5.11 Å². The van der Waals surface area contributed by atoms with E-state index in [4.69, 9.17) is 161 Å². The van der Waals surface area contributed by atoms with Gasteiger partial charge in [-0.05, 0) is 5.56 Å². The Balaban J connectivity index is 1.15. The molecule has 36 nitrogen and oxygen atoms in total. The van der Waals surface area contributed by atoms with E-state index in [1.54, 1.807) is 0 Å². The van der Waals surface area contributed by atoms with Crippen LogP contribution in [0, 0.1) is 0 Å². The average molecular weight is 1530 g/mol. The molecule has 22 rings (SSSR count). The molecule has 36 heteroatoms. The largest absolute Gasteiger partial charge is 0.387 e. The van der Waals surface area contributed by atoms with Crippen molar-refractivity contribution in [3.63, 3.8) is 0 Å². The lowest BCUT2D eigenvalue weighted by molar-refractivity contribution is -0.402. The molecule has 614 valence electrons. The minimum absolute atomic E-state index is 0.0352. The number of ether oxygens (including phenoxy) is 34. The minimum atomic E-state index is -1.28. The standard InChI is InChI=1S/C70H119NO35/c1-73-28-37-44-51(80-8)59(88-16)66(95-37)103-46-39(30-75-3)97-68(61(90-18)53(46)82-10)105-48-41(32-77-5)99-70(63(92-20)55(48)84-12)106-49-42(33-78-6)98-69(62(91-19)56(49)85-13)104-47-40(31-76-4)96-67(60(89-17)54(47)83-11)102-45-38(29-74-2)94-65(58(87-15)52(45)81-9)100-43-36(93-64(101-44)57(86-14)50(43)79-7)27-71-26-35(72)34-24-22-21-23-25-34/h21-25,35-72H,26-33H2,1-20H3/t35?,36-,37-,38-,39-,40-,41-,42-,43-,44-,45-,46-,47-,48-,49-,50+,51+,52+,53+,54+,55+,56+,57-,58-,59-,60-,61-,62-,63-,64-,65-,66-,67-,68-,69-,70-/m1/s1. The van der Waals surface area contributed by atoms with Gasteiger partial charge in [0.15, 0.2) is 44.0 Å². The predicted octanol–water partition coefficient (Wildman–Crippen LogP) is -0.818. The average Bonchev–Trinajstić information content (AvgIpc) is 0.767. The smallest absolute Gasteiger partial charge is 0.187 e. The van der Waals surface area contributed by atoms with Gasteiger partial charge in [0.2, 0.25) is 0 Å². The fourth-order valence-corrected chi connectivity index (χ4v) is 15.9. The third kappa shape index (κ3) is 19.6. The summed E-state index contributed by atoms with van der Waals surface area (Å²) < 4.78 is 222. The van der Waals surface area contributed by atoms with Crippen molar-refractivity contribution >= 4 is 0 Å². The maximum absolute atomic E-state index is 11.5. The summed E-state index contributed by atoms with van der Waals surface area (Å²) in [6, 6.07) is 9.24. The summed E-state index contributed by atoms with van der Waals surface area (Å²) in [5.41, 5.74) is 0.687.